The molecule has 1 aromatic heterocycles. The van der Waals surface area contributed by atoms with Crippen LogP contribution in [-0.4, -0.2) is 18.0 Å². The molecular formula is C15H12Cl2N2O2. The molecule has 0 radical (unpaired) electrons. The minimum Gasteiger partial charge on any atom is -0.481 e. The van der Waals surface area contributed by atoms with E-state index < -0.39 is 5.41 Å². The molecule has 108 valence electrons. The van der Waals surface area contributed by atoms with Gasteiger partial charge in [-0.15, -0.1) is 0 Å². The van der Waals surface area contributed by atoms with Crippen LogP contribution in [0.3, 0.4) is 0 Å². The Balaban J connectivity index is 2.27. The number of amides is 1. The van der Waals surface area contributed by atoms with E-state index in [1.807, 2.05) is 13.0 Å². The Morgan fingerprint density at radius 1 is 1.19 bits per heavy atom. The third kappa shape index (κ3) is 2.06. The molecule has 1 aliphatic rings. The van der Waals surface area contributed by atoms with Gasteiger partial charge in [0.15, 0.2) is 0 Å². The maximum absolute atomic E-state index is 12.6. The fourth-order valence-corrected chi connectivity index (χ4v) is 2.97. The molecule has 1 aromatic carbocycles. The van der Waals surface area contributed by atoms with E-state index in [2.05, 4.69) is 10.3 Å². The first-order valence-corrected chi connectivity index (χ1v) is 7.04. The molecule has 0 saturated carbocycles. The monoisotopic (exact) mass is 322 g/mol. The van der Waals surface area contributed by atoms with Crippen LogP contribution in [-0.2, 0) is 10.2 Å². The van der Waals surface area contributed by atoms with Gasteiger partial charge in [-0.1, -0.05) is 29.3 Å². The molecule has 1 N–H and O–H groups in total. The fraction of sp³-hybridized carbons (Fsp3) is 0.200. The van der Waals surface area contributed by atoms with Crippen LogP contribution in [0.5, 0.6) is 5.88 Å². The lowest BCUT2D eigenvalue weighted by Crippen LogP contribution is -2.33. The van der Waals surface area contributed by atoms with Crippen LogP contribution < -0.4 is 10.1 Å². The number of nitrogens with one attached hydrogen (secondary N) is 1. The number of hydrogen-bond acceptors (Lipinski definition) is 3. The number of nitrogens with zero attached hydrogens (tertiary/aromatic N) is 1. The predicted molar refractivity (Wildman–Crippen MR) is 82.3 cm³/mol. The van der Waals surface area contributed by atoms with E-state index in [0.29, 0.717) is 27.2 Å². The second-order valence-electron chi connectivity index (χ2n) is 4.98. The molecule has 1 unspecified atom stereocenters. The Kier molecular flexibility index (Phi) is 3.30. The van der Waals surface area contributed by atoms with Gasteiger partial charge in [0.05, 0.1) is 12.1 Å². The van der Waals surface area contributed by atoms with Crippen molar-refractivity contribution in [3.8, 4) is 5.88 Å². The normalized spacial score (nSPS) is 20.1. The molecule has 0 aliphatic carbocycles. The summed E-state index contributed by atoms with van der Waals surface area (Å²) < 4.78 is 5.29. The van der Waals surface area contributed by atoms with Crippen molar-refractivity contribution < 1.29 is 9.53 Å². The first kappa shape index (κ1) is 14.2. The molecule has 0 fully saturated rings. The number of rotatable bonds is 2. The summed E-state index contributed by atoms with van der Waals surface area (Å²) in [6.07, 6.45) is 1.49. The molecule has 2 aromatic rings. The standard InChI is InChI=1S/C15H12Cl2N2O2/c1-15(11-5-9(17)7-18-13(11)21-2)10-4-3-8(16)6-12(10)19-14(15)20/h3-7H,1-2H3,(H,19,20). The number of halogens is 2. The summed E-state index contributed by atoms with van der Waals surface area (Å²) in [5, 5.41) is 3.86. The number of benzene rings is 1. The third-order valence-corrected chi connectivity index (χ3v) is 4.21. The quantitative estimate of drug-likeness (QED) is 0.918. The number of aromatic nitrogens is 1. The molecule has 0 spiro atoms. The lowest BCUT2D eigenvalue weighted by Gasteiger charge is -2.24. The van der Waals surface area contributed by atoms with Crippen LogP contribution in [0.2, 0.25) is 10.0 Å². The Hall–Kier alpha value is -1.78. The van der Waals surface area contributed by atoms with Crippen molar-refractivity contribution in [3.05, 3.63) is 51.6 Å². The molecule has 0 saturated heterocycles. The average Bonchev–Trinajstić information content (AvgIpc) is 2.70. The number of hydrogen-bond donors (Lipinski definition) is 1. The predicted octanol–water partition coefficient (Wildman–Crippen LogP) is 3.66. The maximum atomic E-state index is 12.6. The molecule has 4 nitrogen and oxygen atoms in total. The minimum atomic E-state index is -0.927. The lowest BCUT2D eigenvalue weighted by atomic mass is 9.77. The van der Waals surface area contributed by atoms with E-state index in [1.54, 1.807) is 18.2 Å². The maximum Gasteiger partial charge on any atom is 0.239 e. The molecule has 6 heteroatoms. The van der Waals surface area contributed by atoms with Crippen LogP contribution in [0.4, 0.5) is 5.69 Å². The zero-order chi connectivity index (χ0) is 15.2. The van der Waals surface area contributed by atoms with Gasteiger partial charge in [-0.05, 0) is 30.7 Å². The topological polar surface area (TPSA) is 51.2 Å². The van der Waals surface area contributed by atoms with Crippen LogP contribution >= 0.6 is 23.2 Å². The molecule has 2 heterocycles. The number of ether oxygens (including phenoxy) is 1. The van der Waals surface area contributed by atoms with E-state index in [4.69, 9.17) is 27.9 Å². The highest BCUT2D eigenvalue weighted by atomic mass is 35.5. The van der Waals surface area contributed by atoms with Gasteiger partial charge in [0, 0.05) is 22.5 Å². The van der Waals surface area contributed by atoms with Crippen molar-refractivity contribution in [2.45, 2.75) is 12.3 Å². The second-order valence-corrected chi connectivity index (χ2v) is 5.85. The van der Waals surface area contributed by atoms with Crippen LogP contribution in [0.15, 0.2) is 30.5 Å². The molecule has 3 rings (SSSR count). The van der Waals surface area contributed by atoms with Crippen molar-refractivity contribution in [1.82, 2.24) is 4.98 Å². The molecule has 1 atom stereocenters. The molecule has 1 amide bonds. The number of carbonyl (C=O) groups excluding carboxylic acids is 1. The van der Waals surface area contributed by atoms with E-state index in [-0.39, 0.29) is 5.91 Å². The summed E-state index contributed by atoms with van der Waals surface area (Å²) in [5.74, 6) is 0.210. The zero-order valence-electron chi connectivity index (χ0n) is 11.4. The highest BCUT2D eigenvalue weighted by molar-refractivity contribution is 6.31. The Morgan fingerprint density at radius 3 is 2.67 bits per heavy atom. The summed E-state index contributed by atoms with van der Waals surface area (Å²) >= 11 is 12.0. The summed E-state index contributed by atoms with van der Waals surface area (Å²) in [7, 11) is 1.51. The van der Waals surface area contributed by atoms with E-state index in [9.17, 15) is 4.79 Å². The van der Waals surface area contributed by atoms with Crippen molar-refractivity contribution in [2.24, 2.45) is 0 Å². The van der Waals surface area contributed by atoms with Gasteiger partial charge < -0.3 is 10.1 Å². The summed E-state index contributed by atoms with van der Waals surface area (Å²) in [6.45, 7) is 1.82. The van der Waals surface area contributed by atoms with Crippen LogP contribution in [0, 0.1) is 0 Å². The molecular weight excluding hydrogens is 311 g/mol. The van der Waals surface area contributed by atoms with E-state index in [0.717, 1.165) is 5.56 Å². The average molecular weight is 323 g/mol. The Labute approximate surface area is 132 Å². The van der Waals surface area contributed by atoms with E-state index >= 15 is 0 Å². The zero-order valence-corrected chi connectivity index (χ0v) is 12.9. The van der Waals surface area contributed by atoms with Crippen LogP contribution in [0.25, 0.3) is 0 Å². The van der Waals surface area contributed by atoms with Crippen LogP contribution in [0.1, 0.15) is 18.1 Å². The largest absolute Gasteiger partial charge is 0.481 e. The van der Waals surface area contributed by atoms with Gasteiger partial charge >= 0.3 is 0 Å². The SMILES string of the molecule is COc1ncc(Cl)cc1C1(C)C(=O)Nc2cc(Cl)ccc21. The first-order chi connectivity index (χ1) is 9.96. The second kappa shape index (κ2) is 4.90. The van der Waals surface area contributed by atoms with E-state index in [1.165, 1.54) is 13.3 Å². The Bertz CT molecular complexity index is 748. The Morgan fingerprint density at radius 2 is 1.95 bits per heavy atom. The third-order valence-electron chi connectivity index (χ3n) is 3.77. The molecule has 21 heavy (non-hydrogen) atoms. The number of pyridine rings is 1. The number of methoxy groups -OCH3 is 1. The van der Waals surface area contributed by atoms with Gasteiger partial charge in [-0.2, -0.15) is 0 Å². The summed E-state index contributed by atoms with van der Waals surface area (Å²) in [6, 6.07) is 7.01. The molecule has 1 aliphatic heterocycles. The number of fused-ring (bicyclic) bond motifs is 1. The fourth-order valence-electron chi connectivity index (χ4n) is 2.64. The summed E-state index contributed by atoms with van der Waals surface area (Å²) in [4.78, 5) is 16.7. The lowest BCUT2D eigenvalue weighted by molar-refractivity contribution is -0.119. The van der Waals surface area contributed by atoms with Crippen molar-refractivity contribution in [2.75, 3.05) is 12.4 Å². The summed E-state index contributed by atoms with van der Waals surface area (Å²) in [5.41, 5.74) is 1.20. The highest BCUT2D eigenvalue weighted by Gasteiger charge is 2.46. The van der Waals surface area contributed by atoms with Gasteiger partial charge in [0.25, 0.3) is 0 Å². The van der Waals surface area contributed by atoms with Crippen molar-refractivity contribution >= 4 is 34.8 Å². The van der Waals surface area contributed by atoms with Crippen molar-refractivity contribution in [3.63, 3.8) is 0 Å². The highest BCUT2D eigenvalue weighted by Crippen LogP contribution is 2.46. The van der Waals surface area contributed by atoms with Gasteiger partial charge in [0.2, 0.25) is 11.8 Å². The number of carbonyl (C=O) groups is 1. The van der Waals surface area contributed by atoms with Gasteiger partial charge in [0.1, 0.15) is 5.41 Å². The molecule has 0 bridgehead atoms. The van der Waals surface area contributed by atoms with Gasteiger partial charge in [-0.3, -0.25) is 4.79 Å². The number of anilines is 1. The smallest absolute Gasteiger partial charge is 0.239 e. The minimum absolute atomic E-state index is 0.165. The first-order valence-electron chi connectivity index (χ1n) is 6.28. The van der Waals surface area contributed by atoms with Crippen molar-refractivity contribution in [1.29, 1.82) is 0 Å². The van der Waals surface area contributed by atoms with Gasteiger partial charge in [-0.25, -0.2) is 4.98 Å².